The van der Waals surface area contributed by atoms with Gasteiger partial charge in [-0.05, 0) is 55.1 Å². The first-order chi connectivity index (χ1) is 19.1. The van der Waals surface area contributed by atoms with E-state index in [4.69, 9.17) is 4.74 Å². The Morgan fingerprint density at radius 2 is 1.50 bits per heavy atom. The first-order valence-electron chi connectivity index (χ1n) is 13.5. The summed E-state index contributed by atoms with van der Waals surface area (Å²) in [6.45, 7) is 5.15. The molecule has 40 heavy (non-hydrogen) atoms. The number of amides is 2. The van der Waals surface area contributed by atoms with Gasteiger partial charge in [0.25, 0.3) is 0 Å². The SMILES string of the molecule is CN(Cc1ccccc1)CC(C)(C)NC(=O)C(CCC(=O)O)NC(=O)OCC1c2ccccc2-c2ccccc21. The number of carboxylic acid groups (broad SMARTS) is 1. The van der Waals surface area contributed by atoms with E-state index in [1.54, 1.807) is 0 Å². The third kappa shape index (κ3) is 7.48. The van der Waals surface area contributed by atoms with Crippen LogP contribution in [0.3, 0.4) is 0 Å². The van der Waals surface area contributed by atoms with Gasteiger partial charge in [0.05, 0.1) is 0 Å². The van der Waals surface area contributed by atoms with Gasteiger partial charge in [0, 0.05) is 31.0 Å². The van der Waals surface area contributed by atoms with Crippen molar-refractivity contribution in [2.45, 2.75) is 50.7 Å². The maximum atomic E-state index is 13.2. The molecular weight excluding hydrogens is 506 g/mol. The molecule has 0 saturated heterocycles. The number of rotatable bonds is 12. The van der Waals surface area contributed by atoms with Crippen LogP contribution in [-0.4, -0.2) is 59.8 Å². The molecule has 0 aliphatic heterocycles. The van der Waals surface area contributed by atoms with Crippen molar-refractivity contribution >= 4 is 18.0 Å². The number of carbonyl (C=O) groups excluding carboxylic acids is 2. The van der Waals surface area contributed by atoms with Gasteiger partial charge in [-0.15, -0.1) is 0 Å². The van der Waals surface area contributed by atoms with E-state index in [0.29, 0.717) is 13.1 Å². The molecular formula is C32H37N3O5. The highest BCUT2D eigenvalue weighted by molar-refractivity contribution is 5.86. The largest absolute Gasteiger partial charge is 0.481 e. The van der Waals surface area contributed by atoms with Gasteiger partial charge in [0.1, 0.15) is 12.6 Å². The highest BCUT2D eigenvalue weighted by atomic mass is 16.5. The minimum atomic E-state index is -1.05. The monoisotopic (exact) mass is 543 g/mol. The van der Waals surface area contributed by atoms with E-state index in [2.05, 4.69) is 27.7 Å². The fourth-order valence-electron chi connectivity index (χ4n) is 5.40. The molecule has 210 valence electrons. The highest BCUT2D eigenvalue weighted by Gasteiger charge is 2.31. The third-order valence-electron chi connectivity index (χ3n) is 7.02. The lowest BCUT2D eigenvalue weighted by atomic mass is 9.98. The van der Waals surface area contributed by atoms with Crippen LogP contribution in [0.25, 0.3) is 11.1 Å². The van der Waals surface area contributed by atoms with E-state index < -0.39 is 29.6 Å². The molecule has 4 rings (SSSR count). The number of hydrogen-bond acceptors (Lipinski definition) is 5. The van der Waals surface area contributed by atoms with Crippen molar-refractivity contribution < 1.29 is 24.2 Å². The van der Waals surface area contributed by atoms with Crippen molar-refractivity contribution in [1.29, 1.82) is 0 Å². The fourth-order valence-corrected chi connectivity index (χ4v) is 5.40. The Labute approximate surface area is 235 Å². The predicted molar refractivity (Wildman–Crippen MR) is 154 cm³/mol. The number of nitrogens with zero attached hydrogens (tertiary/aromatic N) is 1. The number of alkyl carbamates (subject to hydrolysis) is 1. The summed E-state index contributed by atoms with van der Waals surface area (Å²) in [5, 5.41) is 14.8. The number of carbonyl (C=O) groups is 3. The summed E-state index contributed by atoms with van der Waals surface area (Å²) in [5.41, 5.74) is 4.92. The maximum absolute atomic E-state index is 13.2. The molecule has 2 amide bonds. The zero-order valence-electron chi connectivity index (χ0n) is 23.2. The van der Waals surface area contributed by atoms with Gasteiger partial charge >= 0.3 is 12.1 Å². The lowest BCUT2D eigenvalue weighted by Gasteiger charge is -2.33. The van der Waals surface area contributed by atoms with E-state index in [1.807, 2.05) is 87.6 Å². The second kappa shape index (κ2) is 12.8. The minimum absolute atomic E-state index is 0.0543. The Morgan fingerprint density at radius 3 is 2.10 bits per heavy atom. The number of hydrogen-bond donors (Lipinski definition) is 3. The van der Waals surface area contributed by atoms with Crippen LogP contribution in [0.1, 0.15) is 49.3 Å². The molecule has 0 bridgehead atoms. The van der Waals surface area contributed by atoms with Crippen LogP contribution in [-0.2, 0) is 20.9 Å². The summed E-state index contributed by atoms with van der Waals surface area (Å²) < 4.78 is 5.60. The summed E-state index contributed by atoms with van der Waals surface area (Å²) in [6.07, 6.45) is -1.08. The number of aliphatic carboxylic acids is 1. The Kier molecular flexibility index (Phi) is 9.22. The molecule has 3 N–H and O–H groups in total. The second-order valence-electron chi connectivity index (χ2n) is 11.0. The van der Waals surface area contributed by atoms with Crippen LogP contribution < -0.4 is 10.6 Å². The Hall–Kier alpha value is -4.17. The molecule has 3 aromatic carbocycles. The van der Waals surface area contributed by atoms with Crippen LogP contribution in [0.2, 0.25) is 0 Å². The number of carboxylic acids is 1. The van der Waals surface area contributed by atoms with Crippen molar-refractivity contribution in [2.24, 2.45) is 0 Å². The molecule has 1 aliphatic rings. The van der Waals surface area contributed by atoms with Gasteiger partial charge in [-0.25, -0.2) is 4.79 Å². The maximum Gasteiger partial charge on any atom is 0.407 e. The molecule has 0 radical (unpaired) electrons. The Balaban J connectivity index is 1.37. The zero-order chi connectivity index (χ0) is 28.7. The quantitative estimate of drug-likeness (QED) is 0.303. The Morgan fingerprint density at radius 1 is 0.925 bits per heavy atom. The fraction of sp³-hybridized carbons (Fsp3) is 0.344. The van der Waals surface area contributed by atoms with Crippen molar-refractivity contribution in [3.05, 3.63) is 95.6 Å². The molecule has 1 unspecified atom stereocenters. The van der Waals surface area contributed by atoms with Crippen LogP contribution in [0.4, 0.5) is 4.79 Å². The molecule has 0 aromatic heterocycles. The van der Waals surface area contributed by atoms with Gasteiger partial charge in [0.2, 0.25) is 5.91 Å². The summed E-state index contributed by atoms with van der Waals surface area (Å²) >= 11 is 0. The van der Waals surface area contributed by atoms with Crippen molar-refractivity contribution in [1.82, 2.24) is 15.5 Å². The molecule has 0 heterocycles. The van der Waals surface area contributed by atoms with E-state index in [9.17, 15) is 19.5 Å². The summed E-state index contributed by atoms with van der Waals surface area (Å²) in [7, 11) is 1.97. The number of nitrogens with one attached hydrogen (secondary N) is 2. The van der Waals surface area contributed by atoms with E-state index in [1.165, 1.54) is 0 Å². The third-order valence-corrected chi connectivity index (χ3v) is 7.02. The van der Waals surface area contributed by atoms with Gasteiger partial charge < -0.3 is 20.5 Å². The number of benzene rings is 3. The van der Waals surface area contributed by atoms with Crippen LogP contribution >= 0.6 is 0 Å². The first-order valence-corrected chi connectivity index (χ1v) is 13.5. The zero-order valence-corrected chi connectivity index (χ0v) is 23.2. The standard InChI is InChI=1S/C32H37N3O5/c1-32(2,21-35(3)19-22-11-5-4-6-12-22)34-30(38)28(17-18-29(36)37)33-31(39)40-20-27-25-15-9-7-13-23(25)24-14-8-10-16-26(24)27/h4-16,27-28H,17-21H2,1-3H3,(H,33,39)(H,34,38)(H,36,37). The van der Waals surface area contributed by atoms with Gasteiger partial charge in [-0.1, -0.05) is 78.9 Å². The van der Waals surface area contributed by atoms with Gasteiger partial charge in [-0.3, -0.25) is 14.5 Å². The van der Waals surface area contributed by atoms with E-state index >= 15 is 0 Å². The van der Waals surface area contributed by atoms with E-state index in [-0.39, 0.29) is 25.4 Å². The molecule has 0 saturated carbocycles. The molecule has 3 aromatic rings. The average Bonchev–Trinajstić information content (AvgIpc) is 3.23. The minimum Gasteiger partial charge on any atom is -0.481 e. The molecule has 0 spiro atoms. The second-order valence-corrected chi connectivity index (χ2v) is 11.0. The summed E-state index contributed by atoms with van der Waals surface area (Å²) in [6, 6.07) is 25.0. The van der Waals surface area contributed by atoms with Crippen molar-refractivity contribution in [2.75, 3.05) is 20.2 Å². The summed E-state index contributed by atoms with van der Waals surface area (Å²) in [4.78, 5) is 39.5. The van der Waals surface area contributed by atoms with Crippen molar-refractivity contribution in [3.63, 3.8) is 0 Å². The topological polar surface area (TPSA) is 108 Å². The smallest absolute Gasteiger partial charge is 0.407 e. The average molecular weight is 544 g/mol. The van der Waals surface area contributed by atoms with Gasteiger partial charge in [0.15, 0.2) is 0 Å². The van der Waals surface area contributed by atoms with Gasteiger partial charge in [-0.2, -0.15) is 0 Å². The summed E-state index contributed by atoms with van der Waals surface area (Å²) in [5.74, 6) is -1.62. The molecule has 1 aliphatic carbocycles. The number of ether oxygens (including phenoxy) is 1. The van der Waals surface area contributed by atoms with Crippen molar-refractivity contribution in [3.8, 4) is 11.1 Å². The highest BCUT2D eigenvalue weighted by Crippen LogP contribution is 2.44. The molecule has 1 atom stereocenters. The Bertz CT molecular complexity index is 1300. The molecule has 8 nitrogen and oxygen atoms in total. The number of likely N-dealkylation sites (N-methyl/N-ethyl adjacent to an activating group) is 1. The normalized spacial score (nSPS) is 13.3. The molecule has 8 heteroatoms. The molecule has 0 fully saturated rings. The lowest BCUT2D eigenvalue weighted by Crippen LogP contribution is -2.56. The van der Waals surface area contributed by atoms with Crippen LogP contribution in [0.5, 0.6) is 0 Å². The first kappa shape index (κ1) is 28.8. The van der Waals surface area contributed by atoms with Crippen LogP contribution in [0, 0.1) is 0 Å². The van der Waals surface area contributed by atoms with E-state index in [0.717, 1.165) is 27.8 Å². The predicted octanol–water partition coefficient (Wildman–Crippen LogP) is 4.79. The van der Waals surface area contributed by atoms with Crippen LogP contribution in [0.15, 0.2) is 78.9 Å². The number of fused-ring (bicyclic) bond motifs is 3. The lowest BCUT2D eigenvalue weighted by molar-refractivity contribution is -0.137.